The van der Waals surface area contributed by atoms with Crippen LogP contribution in [0.15, 0.2) is 0 Å². The van der Waals surface area contributed by atoms with Crippen LogP contribution in [-0.2, 0) is 14.4 Å². The molecule has 0 rings (SSSR count). The molecule has 56 valence electrons. The third kappa shape index (κ3) is 2.53. The van der Waals surface area contributed by atoms with Gasteiger partial charge in [-0.05, 0) is 0 Å². The molecule has 0 fully saturated rings. The van der Waals surface area contributed by atoms with Crippen LogP contribution in [-0.4, -0.2) is 18.9 Å². The van der Waals surface area contributed by atoms with Gasteiger partial charge in [-0.1, -0.05) is 6.92 Å². The molecule has 0 amide bonds. The zero-order valence-corrected chi connectivity index (χ0v) is 5.87. The Morgan fingerprint density at radius 2 is 1.50 bits per heavy atom. The zero-order chi connectivity index (χ0) is 8.04. The van der Waals surface area contributed by atoms with Gasteiger partial charge in [0.05, 0.1) is 0 Å². The lowest BCUT2D eigenvalue weighted by atomic mass is 9.86. The summed E-state index contributed by atoms with van der Waals surface area (Å²) < 4.78 is 0. The van der Waals surface area contributed by atoms with Gasteiger partial charge in [0.1, 0.15) is 18.9 Å². The Labute approximate surface area is 59.4 Å². The van der Waals surface area contributed by atoms with E-state index < -0.39 is 5.41 Å². The van der Waals surface area contributed by atoms with E-state index in [0.29, 0.717) is 18.9 Å². The number of carbonyl (C=O) groups excluding carboxylic acids is 3. The van der Waals surface area contributed by atoms with Crippen molar-refractivity contribution in [3.05, 3.63) is 0 Å². The van der Waals surface area contributed by atoms with Gasteiger partial charge in [0.2, 0.25) is 0 Å². The number of hydrogen-bond acceptors (Lipinski definition) is 3. The second-order valence-electron chi connectivity index (χ2n) is 2.51. The van der Waals surface area contributed by atoms with Gasteiger partial charge in [0, 0.05) is 18.3 Å². The van der Waals surface area contributed by atoms with E-state index in [1.54, 1.807) is 6.92 Å². The van der Waals surface area contributed by atoms with Crippen molar-refractivity contribution < 1.29 is 14.4 Å². The maximum absolute atomic E-state index is 10.3. The van der Waals surface area contributed by atoms with Gasteiger partial charge in [-0.15, -0.1) is 0 Å². The van der Waals surface area contributed by atoms with E-state index in [4.69, 9.17) is 0 Å². The lowest BCUT2D eigenvalue weighted by Gasteiger charge is -2.14. The molecule has 3 heteroatoms. The van der Waals surface area contributed by atoms with Crippen LogP contribution in [0.25, 0.3) is 0 Å². The first kappa shape index (κ1) is 9.01. The summed E-state index contributed by atoms with van der Waals surface area (Å²) in [6, 6.07) is 0. The fourth-order valence-electron chi connectivity index (χ4n) is 0.560. The predicted octanol–water partition coefficient (Wildman–Crippen LogP) is 0.370. The summed E-state index contributed by atoms with van der Waals surface area (Å²) in [5.41, 5.74) is -0.774. The average molecular weight is 142 g/mol. The number of carbonyl (C=O) groups is 3. The fraction of sp³-hybridized carbons (Fsp3) is 0.571. The van der Waals surface area contributed by atoms with E-state index in [1.807, 2.05) is 0 Å². The number of rotatable bonds is 5. The molecule has 0 bridgehead atoms. The SMILES string of the molecule is CC(C=O)(CC=O)CC=O. The Morgan fingerprint density at radius 1 is 1.10 bits per heavy atom. The standard InChI is InChI=1S/C7H10O3/c1-7(6-10,2-4-8)3-5-9/h4-6H,2-3H2,1H3. The van der Waals surface area contributed by atoms with E-state index in [0.717, 1.165) is 0 Å². The molecular formula is C7H10O3. The summed E-state index contributed by atoms with van der Waals surface area (Å²) >= 11 is 0. The number of aldehydes is 3. The van der Waals surface area contributed by atoms with Crippen molar-refractivity contribution in [3.8, 4) is 0 Å². The molecule has 0 heterocycles. The van der Waals surface area contributed by atoms with E-state index in [2.05, 4.69) is 0 Å². The third-order valence-electron chi connectivity index (χ3n) is 1.38. The van der Waals surface area contributed by atoms with Crippen LogP contribution in [0, 0.1) is 5.41 Å². The molecule has 0 saturated heterocycles. The first-order valence-electron chi connectivity index (χ1n) is 3.02. The van der Waals surface area contributed by atoms with Gasteiger partial charge in [-0.25, -0.2) is 0 Å². The molecule has 3 nitrogen and oxygen atoms in total. The highest BCUT2D eigenvalue weighted by Crippen LogP contribution is 2.19. The minimum atomic E-state index is -0.774. The monoisotopic (exact) mass is 142 g/mol. The quantitative estimate of drug-likeness (QED) is 0.521. The van der Waals surface area contributed by atoms with E-state index >= 15 is 0 Å². The van der Waals surface area contributed by atoms with E-state index in [-0.39, 0.29) is 12.8 Å². The first-order valence-corrected chi connectivity index (χ1v) is 3.02. The van der Waals surface area contributed by atoms with Gasteiger partial charge in [-0.2, -0.15) is 0 Å². The van der Waals surface area contributed by atoms with Crippen LogP contribution >= 0.6 is 0 Å². The van der Waals surface area contributed by atoms with Gasteiger partial charge in [-0.3, -0.25) is 0 Å². The molecule has 0 N–H and O–H groups in total. The highest BCUT2D eigenvalue weighted by atomic mass is 16.1. The Balaban J connectivity index is 4.05. The molecule has 0 aromatic rings. The fourth-order valence-corrected chi connectivity index (χ4v) is 0.560. The van der Waals surface area contributed by atoms with E-state index in [1.165, 1.54) is 0 Å². The van der Waals surface area contributed by atoms with Crippen LogP contribution in [0.3, 0.4) is 0 Å². The van der Waals surface area contributed by atoms with Crippen molar-refractivity contribution in [2.24, 2.45) is 5.41 Å². The molecule has 10 heavy (non-hydrogen) atoms. The second-order valence-corrected chi connectivity index (χ2v) is 2.51. The van der Waals surface area contributed by atoms with E-state index in [9.17, 15) is 14.4 Å². The molecule has 0 atom stereocenters. The van der Waals surface area contributed by atoms with Crippen molar-refractivity contribution in [3.63, 3.8) is 0 Å². The molecule has 0 radical (unpaired) electrons. The Hall–Kier alpha value is -0.990. The molecule has 0 unspecified atom stereocenters. The summed E-state index contributed by atoms with van der Waals surface area (Å²) in [6.45, 7) is 1.59. The molecule has 0 aromatic heterocycles. The lowest BCUT2D eigenvalue weighted by Crippen LogP contribution is -2.19. The maximum Gasteiger partial charge on any atom is 0.126 e. The minimum Gasteiger partial charge on any atom is -0.303 e. The Kier molecular flexibility index (Phi) is 3.54. The Morgan fingerprint density at radius 3 is 1.70 bits per heavy atom. The van der Waals surface area contributed by atoms with Crippen molar-refractivity contribution in [1.29, 1.82) is 0 Å². The van der Waals surface area contributed by atoms with Crippen LogP contribution in [0.4, 0.5) is 0 Å². The maximum atomic E-state index is 10.3. The molecule has 0 aliphatic heterocycles. The highest BCUT2D eigenvalue weighted by Gasteiger charge is 2.21. The summed E-state index contributed by atoms with van der Waals surface area (Å²) in [6.07, 6.45) is 2.19. The van der Waals surface area contributed by atoms with Crippen molar-refractivity contribution >= 4 is 18.9 Å². The largest absolute Gasteiger partial charge is 0.303 e. The smallest absolute Gasteiger partial charge is 0.126 e. The van der Waals surface area contributed by atoms with Crippen molar-refractivity contribution in [1.82, 2.24) is 0 Å². The minimum absolute atomic E-state index is 0.120. The van der Waals surface area contributed by atoms with Gasteiger partial charge in [0.15, 0.2) is 0 Å². The van der Waals surface area contributed by atoms with Crippen LogP contribution < -0.4 is 0 Å². The zero-order valence-electron chi connectivity index (χ0n) is 5.87. The summed E-state index contributed by atoms with van der Waals surface area (Å²) in [7, 11) is 0. The lowest BCUT2D eigenvalue weighted by molar-refractivity contribution is -0.123. The topological polar surface area (TPSA) is 51.2 Å². The van der Waals surface area contributed by atoms with Crippen molar-refractivity contribution in [2.75, 3.05) is 0 Å². The second kappa shape index (κ2) is 3.93. The molecular weight excluding hydrogens is 132 g/mol. The summed E-state index contributed by atoms with van der Waals surface area (Å²) in [5.74, 6) is 0. The van der Waals surface area contributed by atoms with Gasteiger partial charge in [0.25, 0.3) is 0 Å². The van der Waals surface area contributed by atoms with Crippen LogP contribution in [0.5, 0.6) is 0 Å². The number of hydrogen-bond donors (Lipinski definition) is 0. The van der Waals surface area contributed by atoms with Crippen LogP contribution in [0.1, 0.15) is 19.8 Å². The van der Waals surface area contributed by atoms with Crippen LogP contribution in [0.2, 0.25) is 0 Å². The predicted molar refractivity (Wildman–Crippen MR) is 35.5 cm³/mol. The average Bonchev–Trinajstić information content (AvgIpc) is 1.89. The molecule has 0 aliphatic carbocycles. The summed E-state index contributed by atoms with van der Waals surface area (Å²) in [4.78, 5) is 30.2. The molecule has 0 spiro atoms. The van der Waals surface area contributed by atoms with Gasteiger partial charge >= 0.3 is 0 Å². The van der Waals surface area contributed by atoms with Crippen molar-refractivity contribution in [2.45, 2.75) is 19.8 Å². The molecule has 0 aromatic carbocycles. The molecule has 0 aliphatic rings. The highest BCUT2D eigenvalue weighted by molar-refractivity contribution is 5.70. The summed E-state index contributed by atoms with van der Waals surface area (Å²) in [5, 5.41) is 0. The third-order valence-corrected chi connectivity index (χ3v) is 1.38. The normalized spacial score (nSPS) is 10.5. The first-order chi connectivity index (χ1) is 4.68. The molecule has 0 saturated carbocycles. The van der Waals surface area contributed by atoms with Gasteiger partial charge < -0.3 is 14.4 Å². The Bertz CT molecular complexity index is 130.